The van der Waals surface area contributed by atoms with Crippen LogP contribution in [0.4, 0.5) is 5.69 Å². The number of aromatic nitrogens is 1. The number of allylic oxidation sites excluding steroid dienone is 2. The summed E-state index contributed by atoms with van der Waals surface area (Å²) in [7, 11) is 0. The van der Waals surface area contributed by atoms with Crippen LogP contribution in [0.2, 0.25) is 0 Å². The minimum absolute atomic E-state index is 0.110. The number of morpholine rings is 1. The number of nitrogens with two attached hydrogens (primary N) is 1. The van der Waals surface area contributed by atoms with Gasteiger partial charge in [0, 0.05) is 39.0 Å². The molecule has 2 aromatic rings. The Kier molecular flexibility index (Phi) is 31.8. The molecule has 0 aliphatic carbocycles. The fourth-order valence-electron chi connectivity index (χ4n) is 4.20. The summed E-state index contributed by atoms with van der Waals surface area (Å²) in [4.78, 5) is 14.9. The molecule has 0 spiro atoms. The van der Waals surface area contributed by atoms with Gasteiger partial charge in [0.05, 0.1) is 24.6 Å². The normalized spacial score (nSPS) is 12.3. The topological polar surface area (TPSA) is 101 Å². The predicted octanol–water partition coefficient (Wildman–Crippen LogP) is 9.47. The van der Waals surface area contributed by atoms with E-state index >= 15 is 0 Å². The van der Waals surface area contributed by atoms with Gasteiger partial charge in [-0.2, -0.15) is 0 Å². The Bertz CT molecular complexity index is 978. The lowest BCUT2D eigenvalue weighted by Gasteiger charge is -2.14. The summed E-state index contributed by atoms with van der Waals surface area (Å²) in [5.41, 5.74) is 19.1. The number of carbonyl (C=O) groups excluding carboxylic acids is 1. The molecule has 0 saturated carbocycles. The lowest BCUT2D eigenvalue weighted by molar-refractivity contribution is -0.113. The number of pyridine rings is 1. The van der Waals surface area contributed by atoms with E-state index in [0.717, 1.165) is 50.4 Å². The van der Waals surface area contributed by atoms with Crippen LogP contribution in [-0.4, -0.2) is 43.6 Å². The molecule has 46 heavy (non-hydrogen) atoms. The predicted molar refractivity (Wildman–Crippen MR) is 202 cm³/mol. The summed E-state index contributed by atoms with van der Waals surface area (Å²) in [5.74, 6) is -0.110. The Morgan fingerprint density at radius 2 is 1.39 bits per heavy atom. The quantitative estimate of drug-likeness (QED) is 0.0982. The third-order valence-electron chi connectivity index (χ3n) is 7.20. The van der Waals surface area contributed by atoms with Crippen LogP contribution in [0.1, 0.15) is 135 Å². The van der Waals surface area contributed by atoms with E-state index < -0.39 is 0 Å². The van der Waals surface area contributed by atoms with Crippen molar-refractivity contribution in [3.8, 4) is 0 Å². The van der Waals surface area contributed by atoms with E-state index in [1.54, 1.807) is 12.4 Å². The van der Waals surface area contributed by atoms with E-state index in [4.69, 9.17) is 10.5 Å². The number of aryl methyl sites for hydroxylation is 3. The molecule has 0 atom stereocenters. The number of carbonyl (C=O) groups is 1. The zero-order valence-electron chi connectivity index (χ0n) is 31.4. The van der Waals surface area contributed by atoms with Crippen molar-refractivity contribution < 1.29 is 9.53 Å². The van der Waals surface area contributed by atoms with Crippen molar-refractivity contribution >= 4 is 17.0 Å². The van der Waals surface area contributed by atoms with Gasteiger partial charge in [-0.15, -0.1) is 0 Å². The van der Waals surface area contributed by atoms with E-state index in [0.29, 0.717) is 5.70 Å². The van der Waals surface area contributed by atoms with Crippen molar-refractivity contribution in [1.29, 1.82) is 0 Å². The van der Waals surface area contributed by atoms with Crippen LogP contribution in [0.25, 0.3) is 5.57 Å². The van der Waals surface area contributed by atoms with Gasteiger partial charge in [0.1, 0.15) is 0 Å². The van der Waals surface area contributed by atoms with Crippen molar-refractivity contribution in [2.24, 2.45) is 5.73 Å². The molecule has 1 aliphatic heterocycles. The highest BCUT2D eigenvalue weighted by Gasteiger charge is 2.05. The highest BCUT2D eigenvalue weighted by atomic mass is 16.5. The fourth-order valence-corrected chi connectivity index (χ4v) is 4.20. The number of benzene rings is 1. The average molecular weight is 642 g/mol. The first-order valence-corrected chi connectivity index (χ1v) is 17.8. The largest absolute Gasteiger partial charge is 0.396 e. The molecule has 2 heterocycles. The summed E-state index contributed by atoms with van der Waals surface area (Å²) in [5, 5.41) is 3.16. The first-order chi connectivity index (χ1) is 22.1. The maximum Gasteiger partial charge on any atom is 0.175 e. The fraction of sp³-hybridized carbons (Fsp3) is 0.641. The molecule has 0 radical (unpaired) electrons. The maximum absolute atomic E-state index is 11.0. The molecular formula is C39H71N5O2. The third kappa shape index (κ3) is 25.5. The van der Waals surface area contributed by atoms with E-state index in [2.05, 4.69) is 88.7 Å². The van der Waals surface area contributed by atoms with Gasteiger partial charge in [-0.05, 0) is 62.4 Å². The Hall–Kier alpha value is -2.74. The van der Waals surface area contributed by atoms with Gasteiger partial charge in [0.2, 0.25) is 0 Å². The molecule has 1 aliphatic rings. The highest BCUT2D eigenvalue weighted by Crippen LogP contribution is 2.20. The molecule has 1 aromatic heterocycles. The van der Waals surface area contributed by atoms with Crippen LogP contribution >= 0.6 is 0 Å². The van der Waals surface area contributed by atoms with Crippen LogP contribution in [-0.2, 0) is 9.53 Å². The second kappa shape index (κ2) is 32.2. The molecule has 1 saturated heterocycles. The van der Waals surface area contributed by atoms with Gasteiger partial charge in [-0.1, -0.05) is 116 Å². The number of Topliss-reactive ketones (excluding diaryl/α,β-unsaturated/α-hetero) is 1. The molecule has 0 unspecified atom stereocenters. The number of rotatable bonds is 13. The lowest BCUT2D eigenvalue weighted by Crippen LogP contribution is -2.30. The van der Waals surface area contributed by atoms with Gasteiger partial charge < -0.3 is 21.2 Å². The summed E-state index contributed by atoms with van der Waals surface area (Å²) < 4.78 is 5.01. The number of hydrogen-bond donors (Lipinski definition) is 4. The SMILES string of the molecule is C1COCCN1.CC(=O)/C(N)=C(/C)c1cccnc1.CCCC.CCCCCCCCC.CCCNNc1c(C)cc(C)cc1C. The van der Waals surface area contributed by atoms with Gasteiger partial charge in [-0.3, -0.25) is 9.78 Å². The molecule has 3 rings (SSSR count). The molecular weight excluding hydrogens is 570 g/mol. The smallest absolute Gasteiger partial charge is 0.175 e. The third-order valence-corrected chi connectivity index (χ3v) is 7.20. The summed E-state index contributed by atoms with van der Waals surface area (Å²) in [6, 6.07) is 8.08. The molecule has 5 N–H and O–H groups in total. The van der Waals surface area contributed by atoms with E-state index in [-0.39, 0.29) is 5.78 Å². The molecule has 7 heteroatoms. The number of unbranched alkanes of at least 4 members (excludes halogenated alkanes) is 7. The number of nitrogens with one attached hydrogen (secondary N) is 3. The molecule has 264 valence electrons. The van der Waals surface area contributed by atoms with Crippen LogP contribution < -0.4 is 21.9 Å². The molecule has 0 amide bonds. The van der Waals surface area contributed by atoms with Crippen molar-refractivity contribution in [2.45, 2.75) is 133 Å². The van der Waals surface area contributed by atoms with E-state index in [1.807, 2.05) is 19.1 Å². The van der Waals surface area contributed by atoms with Crippen molar-refractivity contribution in [3.05, 3.63) is 64.6 Å². The molecule has 1 aromatic carbocycles. The lowest BCUT2D eigenvalue weighted by atomic mass is 10.1. The number of hydrogen-bond acceptors (Lipinski definition) is 7. The molecule has 1 fully saturated rings. The highest BCUT2D eigenvalue weighted by molar-refractivity contribution is 5.99. The minimum Gasteiger partial charge on any atom is -0.396 e. The Balaban J connectivity index is 0. The minimum atomic E-state index is -0.110. The molecule has 0 bridgehead atoms. The average Bonchev–Trinajstić information content (AvgIpc) is 3.07. The van der Waals surface area contributed by atoms with Crippen LogP contribution in [0, 0.1) is 20.8 Å². The summed E-state index contributed by atoms with van der Waals surface area (Å²) in [6.45, 7) is 25.5. The Morgan fingerprint density at radius 3 is 1.76 bits per heavy atom. The zero-order chi connectivity index (χ0) is 35.0. The number of ether oxygens (including phenoxy) is 1. The molecule has 7 nitrogen and oxygen atoms in total. The maximum atomic E-state index is 11.0. The van der Waals surface area contributed by atoms with Crippen molar-refractivity contribution in [2.75, 3.05) is 38.3 Å². The monoisotopic (exact) mass is 642 g/mol. The first kappa shape index (κ1) is 45.4. The van der Waals surface area contributed by atoms with E-state index in [1.165, 1.54) is 87.1 Å². The number of anilines is 1. The second-order valence-electron chi connectivity index (χ2n) is 11.8. The van der Waals surface area contributed by atoms with Crippen molar-refractivity contribution in [3.63, 3.8) is 0 Å². The van der Waals surface area contributed by atoms with Crippen LogP contribution in [0.5, 0.6) is 0 Å². The summed E-state index contributed by atoms with van der Waals surface area (Å²) in [6.07, 6.45) is 17.1. The van der Waals surface area contributed by atoms with Gasteiger partial charge in [0.15, 0.2) is 5.78 Å². The number of ketones is 1. The number of hydrazine groups is 1. The van der Waals surface area contributed by atoms with Crippen LogP contribution in [0.15, 0.2) is 42.4 Å². The van der Waals surface area contributed by atoms with Crippen LogP contribution in [0.3, 0.4) is 0 Å². The van der Waals surface area contributed by atoms with Gasteiger partial charge >= 0.3 is 0 Å². The van der Waals surface area contributed by atoms with Gasteiger partial charge in [-0.25, -0.2) is 5.43 Å². The summed E-state index contributed by atoms with van der Waals surface area (Å²) >= 11 is 0. The van der Waals surface area contributed by atoms with Crippen molar-refractivity contribution in [1.82, 2.24) is 15.7 Å². The Labute approximate surface area is 283 Å². The zero-order valence-corrected chi connectivity index (χ0v) is 31.4. The second-order valence-corrected chi connectivity index (χ2v) is 11.8. The first-order valence-electron chi connectivity index (χ1n) is 17.8. The number of nitrogens with zero attached hydrogens (tertiary/aromatic N) is 1. The standard InChI is InChI=1S/C12H20N2.C10H12N2O.C9H20.C4H9NO.C4H10/c1-5-6-13-14-12-10(3)7-9(2)8-11(12)4;1-7(10(11)8(2)13)9-4-3-5-12-6-9;1-3-5-7-9-8-6-4-2;1-3-6-4-2-5-1;1-3-4-2/h7-8,13-14H,5-6H2,1-4H3;3-6H,11H2,1-2H3;3-9H2,1-2H3;5H,1-4H2;3-4H2,1-2H3/b;10-7+;;;. The Morgan fingerprint density at radius 1 is 0.848 bits per heavy atom. The van der Waals surface area contributed by atoms with Gasteiger partial charge in [0.25, 0.3) is 0 Å². The van der Waals surface area contributed by atoms with E-state index in [9.17, 15) is 4.79 Å².